The number of hydrogen-bond donors (Lipinski definition) is 2. The van der Waals surface area contributed by atoms with Crippen molar-refractivity contribution in [3.05, 3.63) is 96.1 Å². The van der Waals surface area contributed by atoms with E-state index in [2.05, 4.69) is 32.5 Å². The number of carbonyl (C=O) groups excluding carboxylic acids is 1. The minimum atomic E-state index is -0.313. The molecule has 0 fully saturated rings. The molecule has 40 heavy (non-hydrogen) atoms. The molecule has 5 heterocycles. The third-order valence-electron chi connectivity index (χ3n) is 7.18. The van der Waals surface area contributed by atoms with Gasteiger partial charge in [0.1, 0.15) is 17.6 Å². The summed E-state index contributed by atoms with van der Waals surface area (Å²) >= 11 is 0. The van der Waals surface area contributed by atoms with Gasteiger partial charge in [-0.1, -0.05) is 13.0 Å². The van der Waals surface area contributed by atoms with Crippen LogP contribution in [0.25, 0.3) is 34.1 Å². The number of benzene rings is 1. The molecule has 1 aromatic carbocycles. The van der Waals surface area contributed by atoms with Gasteiger partial charge in [0.2, 0.25) is 0 Å². The first-order valence-corrected chi connectivity index (χ1v) is 13.1. The number of nitrogens with two attached hydrogens (primary N) is 1. The number of amides is 1. The summed E-state index contributed by atoms with van der Waals surface area (Å²) in [6, 6.07) is 15.5. The molecule has 11 nitrogen and oxygen atoms in total. The molecule has 1 aliphatic rings. The van der Waals surface area contributed by atoms with Gasteiger partial charge in [0.15, 0.2) is 17.3 Å². The average Bonchev–Trinajstić information content (AvgIpc) is 3.79. The van der Waals surface area contributed by atoms with Gasteiger partial charge in [0, 0.05) is 24.3 Å². The highest BCUT2D eigenvalue weighted by Crippen LogP contribution is 2.36. The monoisotopic (exact) mass is 531 g/mol. The number of anilines is 1. The Kier molecular flexibility index (Phi) is 5.62. The lowest BCUT2D eigenvalue weighted by atomic mass is 10.1. The first-order chi connectivity index (χ1) is 19.6. The SMILES string of the molecule is CCc1coc(C(=O)N[C@H]2CCc3cc(-n4c(-c5cccnc5N)nc5ccc(-n6cccn6)nc54)ccc32)n1. The number of aryl methyl sites for hydroxylation is 2. The van der Waals surface area contributed by atoms with E-state index in [0.29, 0.717) is 35.1 Å². The molecule has 198 valence electrons. The summed E-state index contributed by atoms with van der Waals surface area (Å²) in [6.45, 7) is 1.97. The molecule has 7 rings (SSSR count). The first kappa shape index (κ1) is 23.8. The van der Waals surface area contributed by atoms with E-state index in [9.17, 15) is 4.79 Å². The van der Waals surface area contributed by atoms with Crippen molar-refractivity contribution in [1.82, 2.24) is 39.6 Å². The van der Waals surface area contributed by atoms with E-state index in [-0.39, 0.29) is 17.8 Å². The molecular formula is C29H25N9O2. The average molecular weight is 532 g/mol. The number of nitrogens with zero attached hydrogens (tertiary/aromatic N) is 7. The second kappa shape index (κ2) is 9.45. The van der Waals surface area contributed by atoms with Crippen molar-refractivity contribution in [1.29, 1.82) is 0 Å². The Morgan fingerprint density at radius 2 is 2.05 bits per heavy atom. The quantitative estimate of drug-likeness (QED) is 0.325. The Balaban J connectivity index is 1.30. The minimum absolute atomic E-state index is 0.0876. The normalized spacial score (nSPS) is 14.5. The molecule has 5 aromatic heterocycles. The van der Waals surface area contributed by atoms with E-state index >= 15 is 0 Å². The maximum absolute atomic E-state index is 12.8. The minimum Gasteiger partial charge on any atom is -0.441 e. The smallest absolute Gasteiger partial charge is 0.307 e. The lowest BCUT2D eigenvalue weighted by Crippen LogP contribution is -2.27. The van der Waals surface area contributed by atoms with Gasteiger partial charge in [-0.05, 0) is 72.9 Å². The summed E-state index contributed by atoms with van der Waals surface area (Å²) in [5.74, 6) is 1.47. The molecule has 0 saturated carbocycles. The van der Waals surface area contributed by atoms with Crippen LogP contribution < -0.4 is 11.1 Å². The van der Waals surface area contributed by atoms with Gasteiger partial charge in [-0.3, -0.25) is 9.36 Å². The van der Waals surface area contributed by atoms with Crippen LogP contribution in [0.4, 0.5) is 5.82 Å². The van der Waals surface area contributed by atoms with Crippen LogP contribution in [0.1, 0.15) is 46.9 Å². The van der Waals surface area contributed by atoms with Crippen molar-refractivity contribution < 1.29 is 9.21 Å². The molecule has 0 aliphatic heterocycles. The summed E-state index contributed by atoms with van der Waals surface area (Å²) in [6.07, 6.45) is 9.04. The lowest BCUT2D eigenvalue weighted by Gasteiger charge is -2.15. The third-order valence-corrected chi connectivity index (χ3v) is 7.18. The molecule has 0 radical (unpaired) electrons. The molecular weight excluding hydrogens is 506 g/mol. The van der Waals surface area contributed by atoms with Crippen molar-refractivity contribution in [3.63, 3.8) is 0 Å². The Morgan fingerprint density at radius 1 is 1.12 bits per heavy atom. The van der Waals surface area contributed by atoms with Gasteiger partial charge >= 0.3 is 5.91 Å². The number of pyridine rings is 2. The summed E-state index contributed by atoms with van der Waals surface area (Å²) in [5.41, 5.74) is 12.2. The summed E-state index contributed by atoms with van der Waals surface area (Å²) in [5, 5.41) is 7.41. The van der Waals surface area contributed by atoms with Crippen molar-refractivity contribution in [2.45, 2.75) is 32.2 Å². The Bertz CT molecular complexity index is 1870. The van der Waals surface area contributed by atoms with Gasteiger partial charge in [0.05, 0.1) is 17.3 Å². The van der Waals surface area contributed by atoms with Crippen molar-refractivity contribution in [2.24, 2.45) is 0 Å². The number of hydrogen-bond acceptors (Lipinski definition) is 8. The standard InChI is InChI=1S/C29H25N9O2/c1-2-18-16-40-29(33-18)28(39)35-22-9-6-17-15-19(7-8-20(17)22)38-26(21-5-3-12-31-25(21)30)34-23-10-11-24(36-27(23)38)37-14-4-13-32-37/h3-5,7-8,10-16,22H,2,6,9H2,1H3,(H2,30,31)(H,35,39)/t22-/m0/s1. The molecule has 0 unspecified atom stereocenters. The first-order valence-electron chi connectivity index (χ1n) is 13.1. The largest absolute Gasteiger partial charge is 0.441 e. The van der Waals surface area contributed by atoms with Crippen LogP contribution >= 0.6 is 0 Å². The van der Waals surface area contributed by atoms with Gasteiger partial charge < -0.3 is 15.5 Å². The Morgan fingerprint density at radius 3 is 2.85 bits per heavy atom. The fourth-order valence-electron chi connectivity index (χ4n) is 5.20. The van der Waals surface area contributed by atoms with Crippen LogP contribution in [0.3, 0.4) is 0 Å². The summed E-state index contributed by atoms with van der Waals surface area (Å²) < 4.78 is 9.08. The highest BCUT2D eigenvalue weighted by molar-refractivity contribution is 5.90. The fraction of sp³-hybridized carbons (Fsp3) is 0.172. The van der Waals surface area contributed by atoms with E-state index in [1.54, 1.807) is 17.1 Å². The van der Waals surface area contributed by atoms with E-state index < -0.39 is 0 Å². The topological polar surface area (TPSA) is 143 Å². The fourth-order valence-corrected chi connectivity index (χ4v) is 5.20. The number of nitrogen functional groups attached to an aromatic ring is 1. The van der Waals surface area contributed by atoms with Crippen LogP contribution in [0.15, 0.2) is 77.8 Å². The van der Waals surface area contributed by atoms with Crippen LogP contribution in [0.5, 0.6) is 0 Å². The van der Waals surface area contributed by atoms with Gasteiger partial charge in [-0.15, -0.1) is 0 Å². The Hall–Kier alpha value is -5.32. The molecule has 0 spiro atoms. The zero-order valence-corrected chi connectivity index (χ0v) is 21.7. The highest BCUT2D eigenvalue weighted by atomic mass is 16.4. The van der Waals surface area contributed by atoms with E-state index in [1.807, 2.05) is 54.1 Å². The maximum Gasteiger partial charge on any atom is 0.307 e. The van der Waals surface area contributed by atoms with Crippen LogP contribution in [-0.4, -0.2) is 40.2 Å². The van der Waals surface area contributed by atoms with Gasteiger partial charge in [-0.2, -0.15) is 5.10 Å². The van der Waals surface area contributed by atoms with Gasteiger partial charge in [0.25, 0.3) is 5.89 Å². The zero-order valence-electron chi connectivity index (χ0n) is 21.7. The van der Waals surface area contributed by atoms with Crippen LogP contribution in [0, 0.1) is 0 Å². The van der Waals surface area contributed by atoms with E-state index in [4.69, 9.17) is 20.1 Å². The summed E-state index contributed by atoms with van der Waals surface area (Å²) in [7, 11) is 0. The third kappa shape index (κ3) is 3.99. The lowest BCUT2D eigenvalue weighted by molar-refractivity contribution is 0.0901. The number of oxazole rings is 1. The maximum atomic E-state index is 12.8. The van der Waals surface area contributed by atoms with Gasteiger partial charge in [-0.25, -0.2) is 24.6 Å². The van der Waals surface area contributed by atoms with Crippen molar-refractivity contribution >= 4 is 22.9 Å². The number of nitrogens with one attached hydrogen (secondary N) is 1. The molecule has 1 amide bonds. The molecule has 1 atom stereocenters. The van der Waals surface area contributed by atoms with Crippen LogP contribution in [-0.2, 0) is 12.8 Å². The second-order valence-corrected chi connectivity index (χ2v) is 9.62. The number of imidazole rings is 1. The van der Waals surface area contributed by atoms with E-state index in [1.165, 1.54) is 6.26 Å². The van der Waals surface area contributed by atoms with Crippen LogP contribution in [0.2, 0.25) is 0 Å². The zero-order chi connectivity index (χ0) is 27.2. The number of fused-ring (bicyclic) bond motifs is 2. The molecule has 0 bridgehead atoms. The predicted molar refractivity (Wildman–Crippen MR) is 148 cm³/mol. The number of aromatic nitrogens is 7. The predicted octanol–water partition coefficient (Wildman–Crippen LogP) is 4.22. The molecule has 0 saturated heterocycles. The number of rotatable bonds is 6. The molecule has 3 N–H and O–H groups in total. The Labute approximate surface area is 228 Å². The number of carbonyl (C=O) groups is 1. The molecule has 11 heteroatoms. The van der Waals surface area contributed by atoms with Crippen molar-refractivity contribution in [3.8, 4) is 22.9 Å². The second-order valence-electron chi connectivity index (χ2n) is 9.62. The molecule has 1 aliphatic carbocycles. The van der Waals surface area contributed by atoms with E-state index in [0.717, 1.165) is 40.9 Å². The molecule has 6 aromatic rings. The highest BCUT2D eigenvalue weighted by Gasteiger charge is 2.27. The summed E-state index contributed by atoms with van der Waals surface area (Å²) in [4.78, 5) is 31.2. The van der Waals surface area contributed by atoms with Crippen molar-refractivity contribution in [2.75, 3.05) is 5.73 Å².